The van der Waals surface area contributed by atoms with Gasteiger partial charge in [-0.2, -0.15) is 0 Å². The topological polar surface area (TPSA) is 90.0 Å². The number of rotatable bonds is 3. The van der Waals surface area contributed by atoms with E-state index in [0.717, 1.165) is 16.3 Å². The Labute approximate surface area is 154 Å². The molecule has 4 rings (SSSR count). The van der Waals surface area contributed by atoms with E-state index < -0.39 is 12.1 Å². The van der Waals surface area contributed by atoms with Crippen molar-refractivity contribution in [3.63, 3.8) is 0 Å². The molecule has 0 aliphatic heterocycles. The van der Waals surface area contributed by atoms with Crippen LogP contribution < -0.4 is 16.6 Å². The molecule has 3 N–H and O–H groups in total. The Morgan fingerprint density at radius 2 is 2.11 bits per heavy atom. The summed E-state index contributed by atoms with van der Waals surface area (Å²) in [6.45, 7) is 1.87. The molecule has 1 saturated carbocycles. The number of nitrogens with zero attached hydrogens (tertiary/aromatic N) is 2. The van der Waals surface area contributed by atoms with E-state index in [4.69, 9.17) is 5.73 Å². The summed E-state index contributed by atoms with van der Waals surface area (Å²) in [6.07, 6.45) is 2.48. The van der Waals surface area contributed by atoms with Crippen molar-refractivity contribution in [2.75, 3.05) is 11.1 Å². The first-order chi connectivity index (χ1) is 12.8. The molecule has 1 amide bonds. The van der Waals surface area contributed by atoms with E-state index in [1.807, 2.05) is 19.1 Å². The SMILES string of the molecule is Cc1ccn(C)c(=O)c1-c1cc(N)c2cnc(NC(=O)[C@H]3C[C@H]3F)cc2c1. The van der Waals surface area contributed by atoms with E-state index in [1.54, 1.807) is 31.6 Å². The zero-order valence-corrected chi connectivity index (χ0v) is 15.0. The maximum absolute atomic E-state index is 13.1. The molecule has 1 aliphatic carbocycles. The number of aryl methyl sites for hydroxylation is 2. The zero-order valence-electron chi connectivity index (χ0n) is 15.0. The van der Waals surface area contributed by atoms with Gasteiger partial charge in [0.1, 0.15) is 12.0 Å². The second-order valence-electron chi connectivity index (χ2n) is 6.99. The largest absolute Gasteiger partial charge is 0.398 e. The first-order valence-corrected chi connectivity index (χ1v) is 8.66. The van der Waals surface area contributed by atoms with Crippen LogP contribution in [0.5, 0.6) is 0 Å². The van der Waals surface area contributed by atoms with Gasteiger partial charge in [0, 0.05) is 30.5 Å². The molecule has 0 radical (unpaired) electrons. The highest BCUT2D eigenvalue weighted by molar-refractivity contribution is 6.00. The molecular formula is C20H19FN4O2. The smallest absolute Gasteiger partial charge is 0.258 e. The minimum atomic E-state index is -1.06. The first kappa shape index (κ1) is 17.2. The Hall–Kier alpha value is -3.22. The van der Waals surface area contributed by atoms with Gasteiger partial charge >= 0.3 is 0 Å². The Morgan fingerprint density at radius 3 is 2.81 bits per heavy atom. The molecule has 138 valence electrons. The van der Waals surface area contributed by atoms with Crippen molar-refractivity contribution in [2.45, 2.75) is 19.5 Å². The molecule has 2 heterocycles. The molecule has 0 bridgehead atoms. The maximum atomic E-state index is 13.1. The third-order valence-corrected chi connectivity index (χ3v) is 4.93. The van der Waals surface area contributed by atoms with Crippen LogP contribution in [0.15, 0.2) is 41.5 Å². The number of halogens is 1. The molecule has 1 fully saturated rings. The van der Waals surface area contributed by atoms with Crippen LogP contribution in [0.4, 0.5) is 15.9 Å². The maximum Gasteiger partial charge on any atom is 0.258 e. The summed E-state index contributed by atoms with van der Waals surface area (Å²) in [7, 11) is 1.70. The molecule has 0 saturated heterocycles. The molecule has 27 heavy (non-hydrogen) atoms. The van der Waals surface area contributed by atoms with Gasteiger partial charge in [0.15, 0.2) is 0 Å². The summed E-state index contributed by atoms with van der Waals surface area (Å²) in [5, 5.41) is 4.10. The second-order valence-corrected chi connectivity index (χ2v) is 6.99. The first-order valence-electron chi connectivity index (χ1n) is 8.66. The van der Waals surface area contributed by atoms with Gasteiger partial charge in [0.2, 0.25) is 5.91 Å². The molecule has 7 heteroatoms. The standard InChI is InChI=1S/C20H19FN4O2/c1-10-3-4-25(2)20(27)18(10)12-5-11-7-17(23-9-14(11)16(22)6-12)24-19(26)13-8-15(13)21/h3-7,9,13,15H,8,22H2,1-2H3,(H,23,24,26)/t13-,15+/m0/s1. The highest BCUT2D eigenvalue weighted by Crippen LogP contribution is 2.35. The lowest BCUT2D eigenvalue weighted by atomic mass is 9.98. The van der Waals surface area contributed by atoms with Crippen LogP contribution in [0.3, 0.4) is 0 Å². The number of carbonyl (C=O) groups excluding carboxylic acids is 1. The van der Waals surface area contributed by atoms with Gasteiger partial charge < -0.3 is 15.6 Å². The number of amides is 1. The van der Waals surface area contributed by atoms with Crippen molar-refractivity contribution in [3.8, 4) is 11.1 Å². The van der Waals surface area contributed by atoms with Gasteiger partial charge in [-0.15, -0.1) is 0 Å². The summed E-state index contributed by atoms with van der Waals surface area (Å²) in [5.41, 5.74) is 8.68. The highest BCUT2D eigenvalue weighted by atomic mass is 19.1. The van der Waals surface area contributed by atoms with E-state index in [0.29, 0.717) is 22.6 Å². The lowest BCUT2D eigenvalue weighted by molar-refractivity contribution is -0.117. The normalized spacial score (nSPS) is 18.5. The van der Waals surface area contributed by atoms with Crippen molar-refractivity contribution >= 4 is 28.2 Å². The number of pyridine rings is 2. The van der Waals surface area contributed by atoms with Crippen LogP contribution in [0.2, 0.25) is 0 Å². The zero-order chi connectivity index (χ0) is 19.3. The lowest BCUT2D eigenvalue weighted by Crippen LogP contribution is -2.19. The fraction of sp³-hybridized carbons (Fsp3) is 0.250. The summed E-state index contributed by atoms with van der Waals surface area (Å²) < 4.78 is 14.6. The van der Waals surface area contributed by atoms with Crippen LogP contribution in [0.25, 0.3) is 21.9 Å². The van der Waals surface area contributed by atoms with E-state index in [9.17, 15) is 14.0 Å². The van der Waals surface area contributed by atoms with Crippen molar-refractivity contribution in [1.29, 1.82) is 0 Å². The minimum absolute atomic E-state index is 0.112. The third-order valence-electron chi connectivity index (χ3n) is 4.93. The molecule has 1 aromatic carbocycles. The summed E-state index contributed by atoms with van der Waals surface area (Å²) in [6, 6.07) is 7.16. The average molecular weight is 366 g/mol. The summed E-state index contributed by atoms with van der Waals surface area (Å²) in [5.74, 6) is -0.624. The number of benzene rings is 1. The van der Waals surface area contributed by atoms with Gasteiger partial charge in [0.25, 0.3) is 5.56 Å². The van der Waals surface area contributed by atoms with Crippen LogP contribution in [0.1, 0.15) is 12.0 Å². The fourth-order valence-electron chi connectivity index (χ4n) is 3.22. The molecular weight excluding hydrogens is 347 g/mol. The van der Waals surface area contributed by atoms with E-state index in [-0.39, 0.29) is 17.9 Å². The Balaban J connectivity index is 1.79. The van der Waals surface area contributed by atoms with Gasteiger partial charge in [-0.05, 0) is 54.1 Å². The number of alkyl halides is 1. The Morgan fingerprint density at radius 1 is 1.37 bits per heavy atom. The van der Waals surface area contributed by atoms with Gasteiger partial charge in [0.05, 0.1) is 11.5 Å². The van der Waals surface area contributed by atoms with Gasteiger partial charge in [-0.1, -0.05) is 0 Å². The molecule has 1 aliphatic rings. The van der Waals surface area contributed by atoms with Crippen LogP contribution in [-0.4, -0.2) is 21.6 Å². The number of hydrogen-bond donors (Lipinski definition) is 2. The molecule has 3 aromatic rings. The van der Waals surface area contributed by atoms with E-state index in [1.165, 1.54) is 4.57 Å². The second kappa shape index (κ2) is 6.19. The summed E-state index contributed by atoms with van der Waals surface area (Å²) in [4.78, 5) is 28.7. The molecule has 2 atom stereocenters. The number of nitrogens with one attached hydrogen (secondary N) is 1. The van der Waals surface area contributed by atoms with Crippen molar-refractivity contribution in [2.24, 2.45) is 13.0 Å². The number of hydrogen-bond acceptors (Lipinski definition) is 4. The van der Waals surface area contributed by atoms with Crippen molar-refractivity contribution in [3.05, 3.63) is 52.6 Å². The van der Waals surface area contributed by atoms with Gasteiger partial charge in [-0.25, -0.2) is 9.37 Å². The van der Waals surface area contributed by atoms with Crippen LogP contribution >= 0.6 is 0 Å². The molecule has 2 aromatic heterocycles. The summed E-state index contributed by atoms with van der Waals surface area (Å²) >= 11 is 0. The van der Waals surface area contributed by atoms with E-state index in [2.05, 4.69) is 10.3 Å². The molecule has 0 unspecified atom stereocenters. The predicted octanol–water partition coefficient (Wildman–Crippen LogP) is 2.79. The number of fused-ring (bicyclic) bond motifs is 1. The van der Waals surface area contributed by atoms with Crippen LogP contribution in [-0.2, 0) is 11.8 Å². The monoisotopic (exact) mass is 366 g/mol. The van der Waals surface area contributed by atoms with E-state index >= 15 is 0 Å². The quantitative estimate of drug-likeness (QED) is 0.698. The Bertz CT molecular complexity index is 1140. The molecule has 0 spiro atoms. The van der Waals surface area contributed by atoms with Crippen LogP contribution in [0, 0.1) is 12.8 Å². The average Bonchev–Trinajstić information content (AvgIpc) is 3.35. The lowest BCUT2D eigenvalue weighted by Gasteiger charge is -2.11. The number of nitrogens with two attached hydrogens (primary N) is 1. The fourth-order valence-corrected chi connectivity index (χ4v) is 3.22. The molecule has 6 nitrogen and oxygen atoms in total. The number of nitrogen functional groups attached to an aromatic ring is 1. The van der Waals surface area contributed by atoms with Gasteiger partial charge in [-0.3, -0.25) is 9.59 Å². The predicted molar refractivity (Wildman–Crippen MR) is 103 cm³/mol. The number of aromatic nitrogens is 2. The van der Waals surface area contributed by atoms with Crippen molar-refractivity contribution < 1.29 is 9.18 Å². The van der Waals surface area contributed by atoms with Crippen molar-refractivity contribution in [1.82, 2.24) is 9.55 Å². The number of anilines is 2. The Kier molecular flexibility index (Phi) is 3.95. The highest BCUT2D eigenvalue weighted by Gasteiger charge is 2.43. The third kappa shape index (κ3) is 3.05. The number of carbonyl (C=O) groups is 1. The minimum Gasteiger partial charge on any atom is -0.398 e.